The number of fused-ring (bicyclic) bond motifs is 1. The predicted octanol–water partition coefficient (Wildman–Crippen LogP) is 5.46. The van der Waals surface area contributed by atoms with Crippen molar-refractivity contribution in [3.8, 4) is 0 Å². The first-order valence-electron chi connectivity index (χ1n) is 15.0. The zero-order valence-electron chi connectivity index (χ0n) is 26.4. The lowest BCUT2D eigenvalue weighted by Crippen LogP contribution is -2.36. The van der Waals surface area contributed by atoms with Gasteiger partial charge < -0.3 is 25.3 Å². The highest BCUT2D eigenvalue weighted by molar-refractivity contribution is 7.99. The fourth-order valence-corrected chi connectivity index (χ4v) is 5.94. The van der Waals surface area contributed by atoms with Crippen LogP contribution in [0.3, 0.4) is 0 Å². The number of benzene rings is 2. The van der Waals surface area contributed by atoms with Crippen molar-refractivity contribution in [1.82, 2.24) is 24.7 Å². The summed E-state index contributed by atoms with van der Waals surface area (Å²) in [6.45, 7) is 5.33. The molecule has 46 heavy (non-hydrogen) atoms. The number of hydrogen-bond donors (Lipinski definition) is 2. The first-order chi connectivity index (χ1) is 22.0. The summed E-state index contributed by atoms with van der Waals surface area (Å²) >= 11 is 1.90. The van der Waals surface area contributed by atoms with Gasteiger partial charge >= 0.3 is 6.18 Å². The van der Waals surface area contributed by atoms with Gasteiger partial charge in [-0.05, 0) is 69.5 Å². The van der Waals surface area contributed by atoms with Crippen LogP contribution in [0.4, 0.5) is 36.1 Å². The highest BCUT2D eigenvalue weighted by Gasteiger charge is 2.31. The molecule has 2 aliphatic rings. The van der Waals surface area contributed by atoms with Crippen molar-refractivity contribution in [3.05, 3.63) is 70.7 Å². The molecule has 10 nitrogen and oxygen atoms in total. The van der Waals surface area contributed by atoms with Crippen LogP contribution < -0.4 is 10.6 Å². The Morgan fingerprint density at radius 1 is 1.04 bits per heavy atom. The maximum Gasteiger partial charge on any atom is 0.416 e. The number of carbonyl (C=O) groups is 1. The topological polar surface area (TPSA) is 101 Å². The number of guanidine groups is 1. The minimum absolute atomic E-state index is 0.0741. The molecule has 0 spiro atoms. The number of amides is 1. The summed E-state index contributed by atoms with van der Waals surface area (Å²) in [6.07, 6.45) is -0.801. The number of hydrogen-bond acceptors (Lipinski definition) is 10. The number of halogens is 3. The third kappa shape index (κ3) is 8.62. The van der Waals surface area contributed by atoms with E-state index in [2.05, 4.69) is 30.5 Å². The Balaban J connectivity index is 1.38. The maximum atomic E-state index is 13.8. The van der Waals surface area contributed by atoms with Crippen molar-refractivity contribution < 1.29 is 18.0 Å². The van der Waals surface area contributed by atoms with Gasteiger partial charge in [-0.15, -0.1) is 0 Å². The van der Waals surface area contributed by atoms with E-state index in [9.17, 15) is 18.0 Å². The number of aryl methyl sites for hydroxylation is 1. The molecule has 1 amide bonds. The van der Waals surface area contributed by atoms with Gasteiger partial charge in [0.1, 0.15) is 12.0 Å². The molecule has 1 saturated heterocycles. The average Bonchev–Trinajstić information content (AvgIpc) is 3.24. The number of nitrogens with one attached hydrogen (secondary N) is 2. The van der Waals surface area contributed by atoms with Gasteiger partial charge in [-0.2, -0.15) is 24.9 Å². The normalized spacial score (nSPS) is 15.1. The van der Waals surface area contributed by atoms with Gasteiger partial charge in [0.25, 0.3) is 5.91 Å². The lowest BCUT2D eigenvalue weighted by molar-refractivity contribution is -0.137. The summed E-state index contributed by atoms with van der Waals surface area (Å²) in [5.41, 5.74) is 2.74. The van der Waals surface area contributed by atoms with Gasteiger partial charge in [-0.3, -0.25) is 4.79 Å². The Morgan fingerprint density at radius 3 is 2.57 bits per heavy atom. The molecule has 1 aromatic heterocycles. The number of nitrogens with zero attached hydrogens (tertiary/aromatic N) is 7. The maximum absolute atomic E-state index is 13.8. The molecule has 3 heterocycles. The summed E-state index contributed by atoms with van der Waals surface area (Å²) in [7, 11) is 5.73. The van der Waals surface area contributed by atoms with Crippen LogP contribution in [0.25, 0.3) is 0 Å². The number of aromatic nitrogens is 2. The van der Waals surface area contributed by atoms with Gasteiger partial charge in [0.2, 0.25) is 5.96 Å². The fourth-order valence-electron chi connectivity index (χ4n) is 5.04. The van der Waals surface area contributed by atoms with Gasteiger partial charge in [0.15, 0.2) is 5.82 Å². The Labute approximate surface area is 271 Å². The third-order valence-electron chi connectivity index (χ3n) is 7.61. The van der Waals surface area contributed by atoms with E-state index in [4.69, 9.17) is 4.99 Å². The Hall–Kier alpha value is -4.01. The first kappa shape index (κ1) is 33.4. The zero-order valence-corrected chi connectivity index (χ0v) is 27.2. The SMILES string of the molecule is Cc1ccc(C(=O)Nc2cc(CN(C)CCN(C)C)cc(C(F)(F)F)c2)cc1Nc1ncnc2c1N=C(N1CCSCC1)N=CC2. The predicted molar refractivity (Wildman–Crippen MR) is 179 cm³/mol. The van der Waals surface area contributed by atoms with E-state index in [1.807, 2.05) is 49.6 Å². The molecular formula is C32H38F3N9OS. The Kier molecular flexibility index (Phi) is 10.6. The van der Waals surface area contributed by atoms with E-state index in [-0.39, 0.29) is 11.3 Å². The van der Waals surface area contributed by atoms with Crippen molar-refractivity contribution in [2.24, 2.45) is 9.98 Å². The van der Waals surface area contributed by atoms with Crippen LogP contribution in [-0.4, -0.2) is 102 Å². The second-order valence-corrected chi connectivity index (χ2v) is 12.8. The van der Waals surface area contributed by atoms with Crippen molar-refractivity contribution in [2.75, 3.05) is 69.5 Å². The van der Waals surface area contributed by atoms with E-state index >= 15 is 0 Å². The minimum Gasteiger partial charge on any atom is -0.339 e. The molecule has 0 radical (unpaired) electrons. The number of likely N-dealkylation sites (N-methyl/N-ethyl adjacent to an activating group) is 2. The standard InChI is InChI=1S/C32H38F3N9OS/c1-21-5-6-23(30(45)39-25-16-22(15-24(18-25)32(33,34)35)19-43(4)10-9-42(2)3)17-27(21)40-29-28-26(37-20-38-29)7-8-36-31(41-28)44-11-13-46-14-12-44/h5-6,8,15-18,20H,7,9-14,19H2,1-4H3,(H,39,45)(H,37,38,40). The lowest BCUT2D eigenvalue weighted by Gasteiger charge is -2.27. The van der Waals surface area contributed by atoms with Crippen LogP contribution >= 0.6 is 11.8 Å². The Morgan fingerprint density at radius 2 is 1.83 bits per heavy atom. The summed E-state index contributed by atoms with van der Waals surface area (Å²) in [6, 6.07) is 8.74. The van der Waals surface area contributed by atoms with E-state index in [0.717, 1.165) is 54.5 Å². The number of rotatable bonds is 9. The van der Waals surface area contributed by atoms with E-state index < -0.39 is 17.6 Å². The van der Waals surface area contributed by atoms with E-state index in [1.54, 1.807) is 30.5 Å². The molecule has 1 fully saturated rings. The minimum atomic E-state index is -4.56. The molecule has 0 aliphatic carbocycles. The smallest absolute Gasteiger partial charge is 0.339 e. The largest absolute Gasteiger partial charge is 0.416 e. The number of aliphatic imine (C=N–C) groups is 2. The van der Waals surface area contributed by atoms with Crippen molar-refractivity contribution >= 4 is 52.7 Å². The number of carbonyl (C=O) groups excluding carboxylic acids is 1. The van der Waals surface area contributed by atoms with E-state index in [1.165, 1.54) is 6.33 Å². The summed E-state index contributed by atoms with van der Waals surface area (Å²) in [5.74, 6) is 2.56. The monoisotopic (exact) mass is 653 g/mol. The summed E-state index contributed by atoms with van der Waals surface area (Å²) in [5, 5.41) is 6.00. The molecule has 0 saturated carbocycles. The molecule has 0 unspecified atom stereocenters. The highest BCUT2D eigenvalue weighted by Crippen LogP contribution is 2.34. The van der Waals surface area contributed by atoms with E-state index in [0.29, 0.717) is 48.2 Å². The molecule has 3 aromatic rings. The summed E-state index contributed by atoms with van der Waals surface area (Å²) < 4.78 is 41.4. The average molecular weight is 654 g/mol. The highest BCUT2D eigenvalue weighted by atomic mass is 32.2. The zero-order chi connectivity index (χ0) is 32.8. The second kappa shape index (κ2) is 14.6. The van der Waals surface area contributed by atoms with Crippen molar-refractivity contribution in [1.29, 1.82) is 0 Å². The van der Waals surface area contributed by atoms with Crippen LogP contribution in [0, 0.1) is 6.92 Å². The number of alkyl halides is 3. The van der Waals surface area contributed by atoms with Crippen LogP contribution in [0.5, 0.6) is 0 Å². The number of thioether (sulfide) groups is 1. The molecule has 2 aliphatic heterocycles. The molecule has 2 N–H and O–H groups in total. The molecule has 5 rings (SSSR count). The fraction of sp³-hybridized carbons (Fsp3) is 0.406. The second-order valence-electron chi connectivity index (χ2n) is 11.6. The van der Waals surface area contributed by atoms with Crippen LogP contribution in [-0.2, 0) is 19.1 Å². The molecule has 0 bridgehead atoms. The molecule has 0 atom stereocenters. The molecule has 2 aromatic carbocycles. The van der Waals surface area contributed by atoms with Gasteiger partial charge in [0.05, 0.1) is 11.3 Å². The molecule has 14 heteroatoms. The summed E-state index contributed by atoms with van der Waals surface area (Å²) in [4.78, 5) is 37.8. The quantitative estimate of drug-likeness (QED) is 0.314. The van der Waals surface area contributed by atoms with Crippen molar-refractivity contribution in [3.63, 3.8) is 0 Å². The van der Waals surface area contributed by atoms with Gasteiger partial charge in [0, 0.05) is 73.8 Å². The molecular weight excluding hydrogens is 615 g/mol. The van der Waals surface area contributed by atoms with Gasteiger partial charge in [-0.1, -0.05) is 6.07 Å². The number of anilines is 3. The third-order valence-corrected chi connectivity index (χ3v) is 8.55. The lowest BCUT2D eigenvalue weighted by atomic mass is 10.1. The van der Waals surface area contributed by atoms with Crippen LogP contribution in [0.15, 0.2) is 52.7 Å². The first-order valence-corrected chi connectivity index (χ1v) is 16.1. The van der Waals surface area contributed by atoms with Gasteiger partial charge in [-0.25, -0.2) is 20.0 Å². The Bertz CT molecular complexity index is 1620. The van der Waals surface area contributed by atoms with Crippen molar-refractivity contribution in [2.45, 2.75) is 26.1 Å². The molecule has 244 valence electrons. The van der Waals surface area contributed by atoms with Crippen LogP contribution in [0.2, 0.25) is 0 Å². The van der Waals surface area contributed by atoms with Crippen LogP contribution in [0.1, 0.15) is 32.7 Å².